The minimum Gasteiger partial charge on any atom is -0.445 e. The van der Waals surface area contributed by atoms with Gasteiger partial charge in [0.15, 0.2) is 0 Å². The van der Waals surface area contributed by atoms with Gasteiger partial charge in [0.05, 0.1) is 0 Å². The molecule has 41 heavy (non-hydrogen) atoms. The molecule has 2 bridgehead atoms. The van der Waals surface area contributed by atoms with Crippen molar-refractivity contribution in [2.45, 2.75) is 71.7 Å². The molecule has 1 aliphatic heterocycles. The number of Topliss-reactive ketones (excluding diaryl/α,β-unsaturated/α-hetero) is 1. The van der Waals surface area contributed by atoms with Crippen molar-refractivity contribution in [3.8, 4) is 0 Å². The predicted octanol–water partition coefficient (Wildman–Crippen LogP) is 2.44. The highest BCUT2D eigenvalue weighted by atomic mass is 16.5. The molecule has 3 rings (SSSR count). The first-order valence-electron chi connectivity index (χ1n) is 14.0. The molecule has 0 radical (unpaired) electrons. The van der Waals surface area contributed by atoms with Crippen LogP contribution in [-0.4, -0.2) is 54.3 Å². The van der Waals surface area contributed by atoms with E-state index >= 15 is 0 Å². The number of ether oxygens (including phenoxy) is 1. The Kier molecular flexibility index (Phi) is 11.4. The summed E-state index contributed by atoms with van der Waals surface area (Å²) in [7, 11) is 0. The number of fused-ring (bicyclic) bond motifs is 2. The molecule has 0 aromatic heterocycles. The van der Waals surface area contributed by atoms with Crippen LogP contribution in [0.1, 0.15) is 50.8 Å². The number of nitrogens with one attached hydrogen (secondary N) is 4. The third kappa shape index (κ3) is 9.73. The second-order valence-corrected chi connectivity index (χ2v) is 11.1. The molecule has 0 saturated heterocycles. The highest BCUT2D eigenvalue weighted by Crippen LogP contribution is 2.13. The molecule has 10 nitrogen and oxygen atoms in total. The second-order valence-electron chi connectivity index (χ2n) is 11.1. The fourth-order valence-electron chi connectivity index (χ4n) is 4.59. The van der Waals surface area contributed by atoms with Gasteiger partial charge >= 0.3 is 6.09 Å². The summed E-state index contributed by atoms with van der Waals surface area (Å²) in [6.45, 7) is 7.69. The number of benzene rings is 2. The standard InChI is InChI=1S/C31H40N4O6/c1-19(2)15-25(34-29(38)26(20(3)4)35-31(40)41-18-22-9-6-5-7-10-22)28(37)33-24-17-23-12-8-11-21(16-23)13-14-32-30(39)27(24)36/h5-12,16,19-20,24-26H,13-15,17-18H2,1-4H3,(H,32,39)(H,33,37)(H,34,38)(H,35,40). The number of amides is 4. The quantitative estimate of drug-likeness (QED) is 0.327. The molecule has 4 amide bonds. The first kappa shape index (κ1) is 31.3. The Balaban J connectivity index is 1.70. The average Bonchev–Trinajstić information content (AvgIpc) is 2.93. The van der Waals surface area contributed by atoms with Crippen LogP contribution in [0, 0.1) is 11.8 Å². The van der Waals surface area contributed by atoms with Crippen LogP contribution in [0.15, 0.2) is 54.6 Å². The smallest absolute Gasteiger partial charge is 0.408 e. The van der Waals surface area contributed by atoms with Gasteiger partial charge in [0.25, 0.3) is 5.91 Å². The van der Waals surface area contributed by atoms with E-state index < -0.39 is 47.7 Å². The fourth-order valence-corrected chi connectivity index (χ4v) is 4.59. The van der Waals surface area contributed by atoms with Crippen molar-refractivity contribution in [3.63, 3.8) is 0 Å². The van der Waals surface area contributed by atoms with Crippen molar-refractivity contribution < 1.29 is 28.7 Å². The average molecular weight is 565 g/mol. The van der Waals surface area contributed by atoms with E-state index in [0.29, 0.717) is 13.0 Å². The lowest BCUT2D eigenvalue weighted by molar-refractivity contribution is -0.140. The molecule has 0 saturated carbocycles. The highest BCUT2D eigenvalue weighted by molar-refractivity contribution is 6.38. The van der Waals surface area contributed by atoms with Crippen LogP contribution in [0.2, 0.25) is 0 Å². The predicted molar refractivity (Wildman–Crippen MR) is 154 cm³/mol. The number of carbonyl (C=O) groups excluding carboxylic acids is 5. The molecule has 3 atom stereocenters. The summed E-state index contributed by atoms with van der Waals surface area (Å²) in [5.74, 6) is -2.93. The minimum absolute atomic E-state index is 0.0204. The van der Waals surface area contributed by atoms with Crippen molar-refractivity contribution in [3.05, 3.63) is 71.3 Å². The van der Waals surface area contributed by atoms with Crippen molar-refractivity contribution in [2.24, 2.45) is 11.8 Å². The summed E-state index contributed by atoms with van der Waals surface area (Å²) in [5, 5.41) is 10.7. The normalized spacial score (nSPS) is 16.8. The van der Waals surface area contributed by atoms with Crippen molar-refractivity contribution >= 4 is 29.6 Å². The van der Waals surface area contributed by atoms with Gasteiger partial charge in [-0.2, -0.15) is 0 Å². The van der Waals surface area contributed by atoms with Gasteiger partial charge < -0.3 is 26.0 Å². The third-order valence-corrected chi connectivity index (χ3v) is 6.76. The second kappa shape index (κ2) is 15.0. The zero-order valence-corrected chi connectivity index (χ0v) is 24.1. The van der Waals surface area contributed by atoms with E-state index in [1.165, 1.54) is 0 Å². The Labute approximate surface area is 241 Å². The molecule has 10 heteroatoms. The molecule has 0 aliphatic carbocycles. The lowest BCUT2D eigenvalue weighted by atomic mass is 9.96. The summed E-state index contributed by atoms with van der Waals surface area (Å²) >= 11 is 0. The van der Waals surface area contributed by atoms with Crippen LogP contribution in [-0.2, 0) is 43.4 Å². The lowest BCUT2D eigenvalue weighted by Gasteiger charge is -2.27. The number of hydrogen-bond donors (Lipinski definition) is 4. The summed E-state index contributed by atoms with van der Waals surface area (Å²) in [6, 6.07) is 13.7. The Morgan fingerprint density at radius 2 is 1.63 bits per heavy atom. The van der Waals surface area contributed by atoms with Gasteiger partial charge in [-0.05, 0) is 41.4 Å². The van der Waals surface area contributed by atoms with E-state index in [-0.39, 0.29) is 31.3 Å². The molecule has 2 aromatic rings. The van der Waals surface area contributed by atoms with Crippen LogP contribution in [0.25, 0.3) is 0 Å². The molecule has 2 aromatic carbocycles. The van der Waals surface area contributed by atoms with E-state index in [9.17, 15) is 24.0 Å². The Bertz CT molecular complexity index is 1230. The number of ketones is 1. The van der Waals surface area contributed by atoms with Gasteiger partial charge in [-0.1, -0.05) is 82.3 Å². The maximum atomic E-state index is 13.5. The van der Waals surface area contributed by atoms with Crippen LogP contribution in [0.4, 0.5) is 4.79 Å². The van der Waals surface area contributed by atoms with Crippen LogP contribution < -0.4 is 21.3 Å². The lowest BCUT2D eigenvalue weighted by Crippen LogP contribution is -2.58. The minimum atomic E-state index is -1.10. The maximum absolute atomic E-state index is 13.5. The van der Waals surface area contributed by atoms with Crippen LogP contribution in [0.5, 0.6) is 0 Å². The summed E-state index contributed by atoms with van der Waals surface area (Å²) < 4.78 is 5.27. The Morgan fingerprint density at radius 3 is 2.32 bits per heavy atom. The summed E-state index contributed by atoms with van der Waals surface area (Å²) in [4.78, 5) is 64.7. The number of carbonyl (C=O) groups is 5. The Hall–Kier alpha value is -4.21. The van der Waals surface area contributed by atoms with E-state index in [1.54, 1.807) is 13.8 Å². The van der Waals surface area contributed by atoms with Crippen molar-refractivity contribution in [1.82, 2.24) is 21.3 Å². The van der Waals surface area contributed by atoms with E-state index in [4.69, 9.17) is 4.74 Å². The van der Waals surface area contributed by atoms with Gasteiger partial charge in [-0.15, -0.1) is 0 Å². The van der Waals surface area contributed by atoms with Gasteiger partial charge in [0.2, 0.25) is 17.6 Å². The highest BCUT2D eigenvalue weighted by Gasteiger charge is 2.33. The van der Waals surface area contributed by atoms with E-state index in [2.05, 4.69) is 21.3 Å². The van der Waals surface area contributed by atoms with Crippen molar-refractivity contribution in [1.29, 1.82) is 0 Å². The van der Waals surface area contributed by atoms with Gasteiger partial charge in [-0.25, -0.2) is 4.79 Å². The molecule has 1 aliphatic rings. The maximum Gasteiger partial charge on any atom is 0.408 e. The van der Waals surface area contributed by atoms with Gasteiger partial charge in [-0.3, -0.25) is 19.2 Å². The fraction of sp³-hybridized carbons (Fsp3) is 0.452. The molecule has 220 valence electrons. The molecule has 4 N–H and O–H groups in total. The van der Waals surface area contributed by atoms with E-state index in [0.717, 1.165) is 16.7 Å². The first-order valence-corrected chi connectivity index (χ1v) is 14.0. The van der Waals surface area contributed by atoms with Crippen molar-refractivity contribution in [2.75, 3.05) is 6.54 Å². The Morgan fingerprint density at radius 1 is 0.927 bits per heavy atom. The zero-order chi connectivity index (χ0) is 29.9. The van der Waals surface area contributed by atoms with Gasteiger partial charge in [0, 0.05) is 13.0 Å². The molecule has 0 fully saturated rings. The topological polar surface area (TPSA) is 143 Å². The molecule has 1 heterocycles. The number of alkyl carbamates (subject to hydrolysis) is 1. The summed E-state index contributed by atoms with van der Waals surface area (Å²) in [5.41, 5.74) is 2.64. The number of hydrogen-bond acceptors (Lipinski definition) is 6. The molecule has 3 unspecified atom stereocenters. The first-order chi connectivity index (χ1) is 19.5. The third-order valence-electron chi connectivity index (χ3n) is 6.76. The summed E-state index contributed by atoms with van der Waals surface area (Å²) in [6.07, 6.45) is 0.256. The van der Waals surface area contributed by atoms with Crippen LogP contribution >= 0.6 is 0 Å². The largest absolute Gasteiger partial charge is 0.445 e. The van der Waals surface area contributed by atoms with E-state index in [1.807, 2.05) is 68.4 Å². The molecule has 0 spiro atoms. The molecular formula is C31H40N4O6. The van der Waals surface area contributed by atoms with Crippen LogP contribution in [0.3, 0.4) is 0 Å². The monoisotopic (exact) mass is 564 g/mol. The zero-order valence-electron chi connectivity index (χ0n) is 24.1. The van der Waals surface area contributed by atoms with Gasteiger partial charge in [0.1, 0.15) is 24.7 Å². The SMILES string of the molecule is CC(C)CC(NC(=O)C(NC(=O)OCc1ccccc1)C(C)C)C(=O)NC1Cc2cccc(c2)CCNC(=O)C1=O. The number of rotatable bonds is 10. The molecular weight excluding hydrogens is 524 g/mol.